The molecular formula is C12H24O7. The van der Waals surface area contributed by atoms with E-state index in [1.807, 2.05) is 6.92 Å². The predicted octanol–water partition coefficient (Wildman–Crippen LogP) is 1.03. The van der Waals surface area contributed by atoms with Gasteiger partial charge in [-0.15, -0.1) is 13.2 Å². The highest BCUT2D eigenvalue weighted by atomic mass is 16.5. The summed E-state index contributed by atoms with van der Waals surface area (Å²) in [5.41, 5.74) is 0. The van der Waals surface area contributed by atoms with Crippen LogP contribution in [0.1, 0.15) is 13.8 Å². The molecule has 0 aliphatic rings. The van der Waals surface area contributed by atoms with Crippen LogP contribution in [0.15, 0.2) is 13.2 Å². The Morgan fingerprint density at radius 2 is 1.21 bits per heavy atom. The Kier molecular flexibility index (Phi) is 26.1. The van der Waals surface area contributed by atoms with E-state index < -0.39 is 11.9 Å². The average Bonchev–Trinajstić information content (AvgIpc) is 2.39. The molecule has 0 fully saturated rings. The molecule has 19 heavy (non-hydrogen) atoms. The molecule has 0 saturated carbocycles. The van der Waals surface area contributed by atoms with Gasteiger partial charge in [0.1, 0.15) is 13.2 Å². The third-order valence-corrected chi connectivity index (χ3v) is 1.23. The van der Waals surface area contributed by atoms with E-state index in [4.69, 9.17) is 14.9 Å². The van der Waals surface area contributed by atoms with E-state index in [9.17, 15) is 9.59 Å². The molecule has 0 spiro atoms. The first-order valence-corrected chi connectivity index (χ1v) is 5.71. The van der Waals surface area contributed by atoms with Crippen LogP contribution in [0.4, 0.5) is 0 Å². The molecular weight excluding hydrogens is 256 g/mol. The summed E-state index contributed by atoms with van der Waals surface area (Å²) in [6, 6.07) is 0. The summed E-state index contributed by atoms with van der Waals surface area (Å²) < 4.78 is 14.1. The zero-order chi connectivity index (χ0) is 15.5. The molecule has 0 aliphatic carbocycles. The normalized spacial score (nSPS) is 8.53. The van der Waals surface area contributed by atoms with Gasteiger partial charge in [0.25, 0.3) is 0 Å². The van der Waals surface area contributed by atoms with Crippen molar-refractivity contribution in [2.45, 2.75) is 13.8 Å². The highest BCUT2D eigenvalue weighted by molar-refractivity contribution is 5.68. The molecule has 0 aromatic heterocycles. The fourth-order valence-corrected chi connectivity index (χ4v) is 0.611. The number of carboxylic acid groups (broad SMARTS) is 2. The Balaban J connectivity index is -0.000000249. The van der Waals surface area contributed by atoms with Crippen LogP contribution >= 0.6 is 0 Å². The summed E-state index contributed by atoms with van der Waals surface area (Å²) in [7, 11) is 0. The largest absolute Gasteiger partial charge is 0.480 e. The van der Waals surface area contributed by atoms with Gasteiger partial charge in [-0.1, -0.05) is 0 Å². The van der Waals surface area contributed by atoms with Crippen molar-refractivity contribution in [1.29, 1.82) is 0 Å². The Bertz CT molecular complexity index is 206. The maximum atomic E-state index is 9.87. The van der Waals surface area contributed by atoms with Crippen molar-refractivity contribution in [3.05, 3.63) is 13.2 Å². The molecule has 0 saturated heterocycles. The average molecular weight is 280 g/mol. The monoisotopic (exact) mass is 280 g/mol. The Hall–Kier alpha value is -1.44. The number of ether oxygens (including phenoxy) is 3. The van der Waals surface area contributed by atoms with Gasteiger partial charge >= 0.3 is 11.9 Å². The molecule has 7 nitrogen and oxygen atoms in total. The first-order valence-electron chi connectivity index (χ1n) is 5.71. The third kappa shape index (κ3) is 38.4. The van der Waals surface area contributed by atoms with Crippen molar-refractivity contribution in [2.24, 2.45) is 0 Å². The minimum atomic E-state index is -0.948. The van der Waals surface area contributed by atoms with Crippen LogP contribution < -0.4 is 0 Å². The van der Waals surface area contributed by atoms with Crippen molar-refractivity contribution in [1.82, 2.24) is 0 Å². The predicted molar refractivity (Wildman–Crippen MR) is 70.3 cm³/mol. The topological polar surface area (TPSA) is 102 Å². The maximum absolute atomic E-state index is 9.87. The molecule has 2 N–H and O–H groups in total. The van der Waals surface area contributed by atoms with Gasteiger partial charge in [-0.2, -0.15) is 0 Å². The number of aliphatic carboxylic acids is 2. The Morgan fingerprint density at radius 3 is 1.53 bits per heavy atom. The second-order valence-electron chi connectivity index (χ2n) is 2.67. The van der Waals surface area contributed by atoms with Gasteiger partial charge in [0.15, 0.2) is 0 Å². The van der Waals surface area contributed by atoms with Crippen LogP contribution in [0.5, 0.6) is 0 Å². The van der Waals surface area contributed by atoms with E-state index in [0.29, 0.717) is 26.4 Å². The lowest BCUT2D eigenvalue weighted by molar-refractivity contribution is -0.143. The fraction of sp³-hybridized carbons (Fsp3) is 0.667. The summed E-state index contributed by atoms with van der Waals surface area (Å²) in [4.78, 5) is 19.5. The van der Waals surface area contributed by atoms with E-state index in [1.54, 1.807) is 6.92 Å². The van der Waals surface area contributed by atoms with Crippen molar-refractivity contribution in [2.75, 3.05) is 39.6 Å². The van der Waals surface area contributed by atoms with Gasteiger partial charge in [-0.25, -0.2) is 9.59 Å². The van der Waals surface area contributed by atoms with E-state index in [2.05, 4.69) is 22.6 Å². The van der Waals surface area contributed by atoms with Crippen molar-refractivity contribution in [3.8, 4) is 0 Å². The molecule has 0 heterocycles. The van der Waals surface area contributed by atoms with Gasteiger partial charge in [0.2, 0.25) is 0 Å². The summed E-state index contributed by atoms with van der Waals surface area (Å²) in [6.45, 7) is 11.1. The minimum absolute atomic E-state index is 0.184. The van der Waals surface area contributed by atoms with E-state index in [-0.39, 0.29) is 13.2 Å². The molecule has 0 rings (SSSR count). The highest BCUT2D eigenvalue weighted by Gasteiger charge is 1.94. The summed E-state index contributed by atoms with van der Waals surface area (Å²) in [6.07, 6.45) is 0. The molecule has 0 radical (unpaired) electrons. The molecule has 0 bridgehead atoms. The number of carboxylic acids is 2. The van der Waals surface area contributed by atoms with E-state index >= 15 is 0 Å². The molecule has 0 unspecified atom stereocenters. The smallest absolute Gasteiger partial charge is 0.329 e. The van der Waals surface area contributed by atoms with Gasteiger partial charge in [-0.3, -0.25) is 0 Å². The molecule has 0 aromatic carbocycles. The summed E-state index contributed by atoms with van der Waals surface area (Å²) in [5.74, 6) is -1.86. The summed E-state index contributed by atoms with van der Waals surface area (Å²) in [5, 5.41) is 16.0. The molecule has 114 valence electrons. The van der Waals surface area contributed by atoms with Crippen LogP contribution in [-0.2, 0) is 23.8 Å². The second-order valence-corrected chi connectivity index (χ2v) is 2.67. The Labute approximate surface area is 113 Å². The van der Waals surface area contributed by atoms with Crippen molar-refractivity contribution in [3.63, 3.8) is 0 Å². The Morgan fingerprint density at radius 1 is 0.842 bits per heavy atom. The lowest BCUT2D eigenvalue weighted by Gasteiger charge is -1.99. The first-order chi connectivity index (χ1) is 9.04. The summed E-state index contributed by atoms with van der Waals surface area (Å²) >= 11 is 0. The van der Waals surface area contributed by atoms with Crippen LogP contribution in [-0.4, -0.2) is 61.8 Å². The standard InChI is InChI=1S/C6H12O4.C4H8O3.C2H4/c1-2-9-3-4-10-5-6(7)8;1-2-7-3-4(5)6;1-2/h2-5H2,1H3,(H,7,8);2-3H2,1H3,(H,5,6);1-2H2. The van der Waals surface area contributed by atoms with Crippen LogP contribution in [0.3, 0.4) is 0 Å². The van der Waals surface area contributed by atoms with Crippen LogP contribution in [0, 0.1) is 0 Å². The first kappa shape index (κ1) is 22.7. The van der Waals surface area contributed by atoms with Crippen LogP contribution in [0.25, 0.3) is 0 Å². The van der Waals surface area contributed by atoms with E-state index in [1.165, 1.54) is 0 Å². The molecule has 0 atom stereocenters. The number of carbonyl (C=O) groups is 2. The number of rotatable bonds is 9. The highest BCUT2D eigenvalue weighted by Crippen LogP contribution is 1.77. The van der Waals surface area contributed by atoms with Crippen molar-refractivity contribution < 1.29 is 34.0 Å². The molecule has 7 heteroatoms. The van der Waals surface area contributed by atoms with Crippen molar-refractivity contribution >= 4 is 11.9 Å². The zero-order valence-electron chi connectivity index (χ0n) is 11.6. The lowest BCUT2D eigenvalue weighted by atomic mass is 10.7. The fourth-order valence-electron chi connectivity index (χ4n) is 0.611. The second kappa shape index (κ2) is 21.8. The zero-order valence-corrected chi connectivity index (χ0v) is 11.6. The molecule has 0 aromatic rings. The minimum Gasteiger partial charge on any atom is -0.480 e. The number of hydrogen-bond donors (Lipinski definition) is 2. The SMILES string of the molecule is C=C.CCOCC(=O)O.CCOCCOCC(=O)O. The van der Waals surface area contributed by atoms with Gasteiger partial charge < -0.3 is 24.4 Å². The van der Waals surface area contributed by atoms with Gasteiger partial charge in [0.05, 0.1) is 13.2 Å². The van der Waals surface area contributed by atoms with Gasteiger partial charge in [-0.05, 0) is 13.8 Å². The van der Waals surface area contributed by atoms with E-state index in [0.717, 1.165) is 0 Å². The number of hydrogen-bond acceptors (Lipinski definition) is 5. The lowest BCUT2D eigenvalue weighted by Crippen LogP contribution is -2.11. The quantitative estimate of drug-likeness (QED) is 0.480. The third-order valence-electron chi connectivity index (χ3n) is 1.23. The maximum Gasteiger partial charge on any atom is 0.329 e. The van der Waals surface area contributed by atoms with Gasteiger partial charge in [0, 0.05) is 13.2 Å². The molecule has 0 amide bonds. The van der Waals surface area contributed by atoms with Crippen LogP contribution in [0.2, 0.25) is 0 Å². The molecule has 0 aliphatic heterocycles.